The van der Waals surface area contributed by atoms with Crippen molar-refractivity contribution in [2.75, 3.05) is 39.5 Å². The van der Waals surface area contributed by atoms with Crippen molar-refractivity contribution in [2.45, 2.75) is 4.90 Å². The number of hydrogen-bond donors (Lipinski definition) is 2. The van der Waals surface area contributed by atoms with Gasteiger partial charge in [-0.3, -0.25) is 10.1 Å². The number of hydrogen-bond acceptors (Lipinski definition) is 7. The molecule has 10 nitrogen and oxygen atoms in total. The van der Waals surface area contributed by atoms with Crippen LogP contribution in [0.2, 0.25) is 0 Å². The zero-order valence-electron chi connectivity index (χ0n) is 15.4. The normalized spacial score (nSPS) is 14.7. The largest absolute Gasteiger partial charge is 0.452 e. The van der Waals surface area contributed by atoms with E-state index in [0.717, 1.165) is 22.5 Å². The number of morpholine rings is 1. The van der Waals surface area contributed by atoms with Crippen LogP contribution in [0.4, 0.5) is 9.18 Å². The van der Waals surface area contributed by atoms with Crippen LogP contribution in [0.5, 0.6) is 0 Å². The zero-order valence-corrected chi connectivity index (χ0v) is 16.2. The molecule has 158 valence electrons. The zero-order chi connectivity index (χ0) is 21.4. The molecule has 0 atom stereocenters. The third kappa shape index (κ3) is 6.07. The Hall–Kier alpha value is -2.83. The predicted molar refractivity (Wildman–Crippen MR) is 98.0 cm³/mol. The lowest BCUT2D eigenvalue weighted by Crippen LogP contribution is -2.41. The van der Waals surface area contributed by atoms with Gasteiger partial charge < -0.3 is 14.8 Å². The van der Waals surface area contributed by atoms with E-state index in [1.54, 1.807) is 0 Å². The summed E-state index contributed by atoms with van der Waals surface area (Å²) in [5, 5.41) is 4.21. The number of carbonyl (C=O) groups is 3. The molecule has 0 spiro atoms. The lowest BCUT2D eigenvalue weighted by Gasteiger charge is -2.26. The second kappa shape index (κ2) is 10.1. The van der Waals surface area contributed by atoms with Gasteiger partial charge in [0.25, 0.3) is 5.91 Å². The number of halogens is 1. The maximum Gasteiger partial charge on any atom is 0.338 e. The number of esters is 1. The molecule has 1 saturated heterocycles. The van der Waals surface area contributed by atoms with Gasteiger partial charge in [-0.05, 0) is 18.2 Å². The molecule has 29 heavy (non-hydrogen) atoms. The van der Waals surface area contributed by atoms with E-state index in [9.17, 15) is 27.2 Å². The molecule has 1 aromatic rings. The van der Waals surface area contributed by atoms with Crippen LogP contribution >= 0.6 is 0 Å². The minimum absolute atomic E-state index is 0.0601. The van der Waals surface area contributed by atoms with Gasteiger partial charge in [0.1, 0.15) is 10.7 Å². The molecule has 1 aliphatic rings. The van der Waals surface area contributed by atoms with E-state index in [1.807, 2.05) is 5.32 Å². The average molecular weight is 429 g/mol. The molecule has 2 rings (SSSR count). The summed E-state index contributed by atoms with van der Waals surface area (Å²) in [6, 6.07) is 1.90. The van der Waals surface area contributed by atoms with E-state index in [0.29, 0.717) is 0 Å². The SMILES string of the molecule is C=CCNC(=O)NC(=O)COC(=O)c1ccc(F)c(S(=O)(=O)N2CCOCC2)c1. The topological polar surface area (TPSA) is 131 Å². The van der Waals surface area contributed by atoms with Crippen molar-refractivity contribution in [2.24, 2.45) is 0 Å². The lowest BCUT2D eigenvalue weighted by atomic mass is 10.2. The molecular formula is C17H20FN3O7S. The minimum atomic E-state index is -4.17. The number of benzene rings is 1. The van der Waals surface area contributed by atoms with E-state index >= 15 is 0 Å². The first-order valence-electron chi connectivity index (χ1n) is 8.49. The van der Waals surface area contributed by atoms with E-state index in [1.165, 1.54) is 6.08 Å². The van der Waals surface area contributed by atoms with Gasteiger partial charge in [0.15, 0.2) is 6.61 Å². The van der Waals surface area contributed by atoms with Gasteiger partial charge in [-0.1, -0.05) is 6.08 Å². The van der Waals surface area contributed by atoms with Crippen molar-refractivity contribution >= 4 is 27.9 Å². The summed E-state index contributed by atoms with van der Waals surface area (Å²) < 4.78 is 50.3. The molecule has 1 aromatic carbocycles. The van der Waals surface area contributed by atoms with Crippen LogP contribution in [0.15, 0.2) is 35.7 Å². The summed E-state index contributed by atoms with van der Waals surface area (Å²) in [6.07, 6.45) is 1.40. The fourth-order valence-corrected chi connectivity index (χ4v) is 3.84. The summed E-state index contributed by atoms with van der Waals surface area (Å²) in [6.45, 7) is 3.21. The first-order valence-corrected chi connectivity index (χ1v) is 9.93. The molecule has 12 heteroatoms. The third-order valence-corrected chi connectivity index (χ3v) is 5.66. The second-order valence-corrected chi connectivity index (χ2v) is 7.69. The second-order valence-electron chi connectivity index (χ2n) is 5.78. The molecule has 1 heterocycles. The highest BCUT2D eigenvalue weighted by molar-refractivity contribution is 7.89. The number of sulfonamides is 1. The number of imide groups is 1. The van der Waals surface area contributed by atoms with Crippen LogP contribution in [-0.4, -0.2) is 70.1 Å². The fourth-order valence-electron chi connectivity index (χ4n) is 2.34. The first-order chi connectivity index (χ1) is 13.8. The Morgan fingerprint density at radius 3 is 2.62 bits per heavy atom. The smallest absolute Gasteiger partial charge is 0.338 e. The van der Waals surface area contributed by atoms with Crippen molar-refractivity contribution in [3.8, 4) is 0 Å². The van der Waals surface area contributed by atoms with E-state index in [4.69, 9.17) is 9.47 Å². The van der Waals surface area contributed by atoms with Crippen LogP contribution in [0.3, 0.4) is 0 Å². The monoisotopic (exact) mass is 429 g/mol. The highest BCUT2D eigenvalue weighted by Crippen LogP contribution is 2.22. The highest BCUT2D eigenvalue weighted by atomic mass is 32.2. The number of ether oxygens (including phenoxy) is 2. The van der Waals surface area contributed by atoms with Crippen molar-refractivity contribution in [1.29, 1.82) is 0 Å². The Morgan fingerprint density at radius 2 is 1.97 bits per heavy atom. The van der Waals surface area contributed by atoms with Crippen molar-refractivity contribution in [3.05, 3.63) is 42.2 Å². The summed E-state index contributed by atoms with van der Waals surface area (Å²) in [7, 11) is -4.17. The lowest BCUT2D eigenvalue weighted by molar-refractivity contribution is -0.123. The number of urea groups is 1. The number of carbonyl (C=O) groups excluding carboxylic acids is 3. The van der Waals surface area contributed by atoms with Crippen LogP contribution in [0.25, 0.3) is 0 Å². The Morgan fingerprint density at radius 1 is 1.28 bits per heavy atom. The number of nitrogens with zero attached hydrogens (tertiary/aromatic N) is 1. The first kappa shape index (κ1) is 22.5. The van der Waals surface area contributed by atoms with Gasteiger partial charge in [0, 0.05) is 19.6 Å². The minimum Gasteiger partial charge on any atom is -0.452 e. The van der Waals surface area contributed by atoms with Gasteiger partial charge in [0.2, 0.25) is 10.0 Å². The molecule has 0 radical (unpaired) electrons. The molecule has 0 aromatic heterocycles. The van der Waals surface area contributed by atoms with E-state index in [2.05, 4.69) is 11.9 Å². The van der Waals surface area contributed by atoms with Gasteiger partial charge >= 0.3 is 12.0 Å². The average Bonchev–Trinajstić information content (AvgIpc) is 2.71. The standard InChI is InChI=1S/C17H20FN3O7S/c1-2-5-19-17(24)20-15(22)11-28-16(23)12-3-4-13(18)14(10-12)29(25,26)21-6-8-27-9-7-21/h2-4,10H,1,5-9,11H2,(H2,19,20,22,24). The van der Waals surface area contributed by atoms with Crippen molar-refractivity contribution in [3.63, 3.8) is 0 Å². The maximum atomic E-state index is 14.1. The fraction of sp³-hybridized carbons (Fsp3) is 0.353. The van der Waals surface area contributed by atoms with Crippen LogP contribution in [-0.2, 0) is 24.3 Å². The molecule has 1 fully saturated rings. The summed E-state index contributed by atoms with van der Waals surface area (Å²) in [5.41, 5.74) is -0.262. The number of rotatable bonds is 7. The Labute approximate surface area is 166 Å². The van der Waals surface area contributed by atoms with E-state index in [-0.39, 0.29) is 38.4 Å². The summed E-state index contributed by atoms with van der Waals surface area (Å²) >= 11 is 0. The van der Waals surface area contributed by atoms with Crippen LogP contribution in [0, 0.1) is 5.82 Å². The van der Waals surface area contributed by atoms with Gasteiger partial charge in [-0.15, -0.1) is 6.58 Å². The molecule has 1 aliphatic heterocycles. The van der Waals surface area contributed by atoms with Gasteiger partial charge in [-0.2, -0.15) is 4.31 Å². The molecule has 3 amide bonds. The van der Waals surface area contributed by atoms with Crippen molar-refractivity contribution < 1.29 is 36.7 Å². The third-order valence-electron chi connectivity index (χ3n) is 3.75. The Balaban J connectivity index is 2.04. The van der Waals surface area contributed by atoms with Gasteiger partial charge in [-0.25, -0.2) is 22.4 Å². The quantitative estimate of drug-likeness (QED) is 0.461. The highest BCUT2D eigenvalue weighted by Gasteiger charge is 2.30. The van der Waals surface area contributed by atoms with Gasteiger partial charge in [0.05, 0.1) is 18.8 Å². The molecule has 0 bridgehead atoms. The number of amides is 3. The maximum absolute atomic E-state index is 14.1. The van der Waals surface area contributed by atoms with Crippen LogP contribution in [0.1, 0.15) is 10.4 Å². The number of nitrogens with one attached hydrogen (secondary N) is 2. The molecule has 0 saturated carbocycles. The van der Waals surface area contributed by atoms with Crippen LogP contribution < -0.4 is 10.6 Å². The predicted octanol–water partition coefficient (Wildman–Crippen LogP) is 0.0152. The molecule has 0 unspecified atom stereocenters. The summed E-state index contributed by atoms with van der Waals surface area (Å²) in [5.74, 6) is -2.97. The molecule has 2 N–H and O–H groups in total. The Kier molecular flexibility index (Phi) is 7.82. The van der Waals surface area contributed by atoms with Crippen molar-refractivity contribution in [1.82, 2.24) is 14.9 Å². The molecule has 0 aliphatic carbocycles. The molecular weight excluding hydrogens is 409 g/mol. The summed E-state index contributed by atoms with van der Waals surface area (Å²) in [4.78, 5) is 34.3. The Bertz CT molecular complexity index is 898. The van der Waals surface area contributed by atoms with E-state index < -0.39 is 45.3 Å².